The molecule has 0 amide bonds. The summed E-state index contributed by atoms with van der Waals surface area (Å²) in [4.78, 5) is 14.7. The number of rotatable bonds is 22. The number of unbranched alkanes of at least 4 members (excludes halogenated alkanes) is 13. The predicted octanol–water partition coefficient (Wildman–Crippen LogP) is 8.13. The highest BCUT2D eigenvalue weighted by Gasteiger charge is 2.07. The molecule has 1 aromatic rings. The molecule has 33 heavy (non-hydrogen) atoms. The van der Waals surface area contributed by atoms with Gasteiger partial charge < -0.3 is 14.7 Å². The summed E-state index contributed by atoms with van der Waals surface area (Å²) in [6.07, 6.45) is 20.8. The first-order chi connectivity index (χ1) is 16.2. The van der Waals surface area contributed by atoms with E-state index >= 15 is 0 Å². The number of carbonyl (C=O) groups is 1. The summed E-state index contributed by atoms with van der Waals surface area (Å²) in [6.45, 7) is 8.86. The Labute approximate surface area is 204 Å². The zero-order valence-corrected chi connectivity index (χ0v) is 21.7. The van der Waals surface area contributed by atoms with Gasteiger partial charge >= 0.3 is 5.97 Å². The first-order valence-corrected chi connectivity index (χ1v) is 13.9. The highest BCUT2D eigenvalue weighted by atomic mass is 16.5. The quantitative estimate of drug-likeness (QED) is 0.140. The van der Waals surface area contributed by atoms with E-state index in [1.807, 2.05) is 0 Å². The highest BCUT2D eigenvalue weighted by molar-refractivity contribution is 5.89. The molecule has 0 aliphatic heterocycles. The molecule has 0 radical (unpaired) electrons. The second-order valence-corrected chi connectivity index (χ2v) is 9.47. The van der Waals surface area contributed by atoms with Gasteiger partial charge in [-0.25, -0.2) is 4.79 Å². The summed E-state index contributed by atoms with van der Waals surface area (Å²) in [5.41, 5.74) is 0.494. The van der Waals surface area contributed by atoms with Gasteiger partial charge in [0, 0.05) is 0 Å². The van der Waals surface area contributed by atoms with Gasteiger partial charge in [-0.3, -0.25) is 0 Å². The lowest BCUT2D eigenvalue weighted by atomic mass is 10.1. The maximum atomic E-state index is 11.9. The first-order valence-electron chi connectivity index (χ1n) is 13.9. The molecule has 0 unspecified atom stereocenters. The Morgan fingerprint density at radius 2 is 1.09 bits per heavy atom. The van der Waals surface area contributed by atoms with Gasteiger partial charge in [0.25, 0.3) is 0 Å². The number of nitrogens with zero attached hydrogens (tertiary/aromatic N) is 1. The summed E-state index contributed by atoms with van der Waals surface area (Å²) < 4.78 is 5.32. The number of ether oxygens (including phenoxy) is 1. The van der Waals surface area contributed by atoms with Crippen molar-refractivity contribution >= 4 is 5.97 Å². The molecular formula is C29H51NO3. The maximum absolute atomic E-state index is 11.9. The Morgan fingerprint density at radius 1 is 0.667 bits per heavy atom. The van der Waals surface area contributed by atoms with E-state index in [2.05, 4.69) is 18.7 Å². The lowest BCUT2D eigenvalue weighted by Crippen LogP contribution is -2.27. The standard InChI is InChI=1S/C29H51NO3/c1-3-5-7-11-15-23-30(24-16-12-8-6-4-2)25-17-13-9-10-14-18-26-33-29(32)27-19-21-28(31)22-20-27/h19-22,31H,3-18,23-26H2,1-2H3. The third-order valence-corrected chi connectivity index (χ3v) is 6.36. The molecule has 0 atom stereocenters. The molecule has 0 saturated heterocycles. The smallest absolute Gasteiger partial charge is 0.338 e. The van der Waals surface area contributed by atoms with Crippen molar-refractivity contribution in [3.05, 3.63) is 29.8 Å². The Morgan fingerprint density at radius 3 is 1.58 bits per heavy atom. The van der Waals surface area contributed by atoms with Crippen molar-refractivity contribution in [2.75, 3.05) is 26.2 Å². The van der Waals surface area contributed by atoms with Crippen LogP contribution in [-0.2, 0) is 4.74 Å². The largest absolute Gasteiger partial charge is 0.508 e. The fraction of sp³-hybridized carbons (Fsp3) is 0.759. The van der Waals surface area contributed by atoms with Gasteiger partial charge in [0.1, 0.15) is 5.75 Å². The number of benzene rings is 1. The number of hydrogen-bond acceptors (Lipinski definition) is 4. The van der Waals surface area contributed by atoms with Crippen LogP contribution < -0.4 is 0 Å². The normalized spacial score (nSPS) is 11.2. The molecular weight excluding hydrogens is 410 g/mol. The maximum Gasteiger partial charge on any atom is 0.338 e. The summed E-state index contributed by atoms with van der Waals surface area (Å²) in [6, 6.07) is 6.21. The van der Waals surface area contributed by atoms with Crippen LogP contribution in [0.5, 0.6) is 5.75 Å². The number of phenols is 1. The molecule has 4 heteroatoms. The van der Waals surface area contributed by atoms with Gasteiger partial charge in [0.2, 0.25) is 0 Å². The van der Waals surface area contributed by atoms with Crippen LogP contribution in [0.25, 0.3) is 0 Å². The van der Waals surface area contributed by atoms with Crippen molar-refractivity contribution in [3.63, 3.8) is 0 Å². The van der Waals surface area contributed by atoms with Crippen molar-refractivity contribution < 1.29 is 14.6 Å². The van der Waals surface area contributed by atoms with Gasteiger partial charge in [-0.15, -0.1) is 0 Å². The summed E-state index contributed by atoms with van der Waals surface area (Å²) in [7, 11) is 0. The minimum absolute atomic E-state index is 0.161. The van der Waals surface area contributed by atoms with Gasteiger partial charge in [-0.1, -0.05) is 90.9 Å². The molecule has 190 valence electrons. The zero-order chi connectivity index (χ0) is 24.0. The highest BCUT2D eigenvalue weighted by Crippen LogP contribution is 2.12. The zero-order valence-electron chi connectivity index (χ0n) is 21.7. The van der Waals surface area contributed by atoms with E-state index in [4.69, 9.17) is 4.74 Å². The second-order valence-electron chi connectivity index (χ2n) is 9.47. The molecule has 0 saturated carbocycles. The van der Waals surface area contributed by atoms with Crippen molar-refractivity contribution in [2.24, 2.45) is 0 Å². The van der Waals surface area contributed by atoms with E-state index in [9.17, 15) is 9.90 Å². The minimum Gasteiger partial charge on any atom is -0.508 e. The predicted molar refractivity (Wildman–Crippen MR) is 140 cm³/mol. The number of phenolic OH excluding ortho intramolecular Hbond substituents is 1. The number of esters is 1. The van der Waals surface area contributed by atoms with Crippen molar-refractivity contribution in [2.45, 2.75) is 117 Å². The molecule has 1 rings (SSSR count). The molecule has 0 heterocycles. The fourth-order valence-electron chi connectivity index (χ4n) is 4.20. The van der Waals surface area contributed by atoms with Gasteiger partial charge in [-0.05, 0) is 69.6 Å². The molecule has 0 aromatic heterocycles. The van der Waals surface area contributed by atoms with Crippen molar-refractivity contribution in [3.8, 4) is 5.75 Å². The van der Waals surface area contributed by atoms with Gasteiger partial charge in [-0.2, -0.15) is 0 Å². The Balaban J connectivity index is 2.07. The lowest BCUT2D eigenvalue weighted by Gasteiger charge is -2.22. The average molecular weight is 462 g/mol. The molecule has 0 spiro atoms. The van der Waals surface area contributed by atoms with E-state index in [1.165, 1.54) is 122 Å². The SMILES string of the molecule is CCCCCCCN(CCCCCCC)CCCCCCCCOC(=O)c1ccc(O)cc1. The number of aromatic hydroxyl groups is 1. The third-order valence-electron chi connectivity index (χ3n) is 6.36. The van der Waals surface area contributed by atoms with E-state index in [0.717, 1.165) is 12.8 Å². The third kappa shape index (κ3) is 16.7. The van der Waals surface area contributed by atoms with Crippen LogP contribution in [-0.4, -0.2) is 42.2 Å². The lowest BCUT2D eigenvalue weighted by molar-refractivity contribution is 0.0497. The van der Waals surface area contributed by atoms with Crippen LogP contribution in [0, 0.1) is 0 Å². The number of hydrogen-bond donors (Lipinski definition) is 1. The van der Waals surface area contributed by atoms with E-state index in [1.54, 1.807) is 12.1 Å². The Hall–Kier alpha value is -1.55. The molecule has 0 fully saturated rings. The monoisotopic (exact) mass is 461 g/mol. The van der Waals surface area contributed by atoms with Gasteiger partial charge in [0.05, 0.1) is 12.2 Å². The van der Waals surface area contributed by atoms with Crippen LogP contribution >= 0.6 is 0 Å². The first kappa shape index (κ1) is 29.5. The van der Waals surface area contributed by atoms with Crippen molar-refractivity contribution in [1.29, 1.82) is 0 Å². The summed E-state index contributed by atoms with van der Waals surface area (Å²) in [5.74, 6) is -0.145. The van der Waals surface area contributed by atoms with E-state index in [-0.39, 0.29) is 11.7 Å². The molecule has 4 nitrogen and oxygen atoms in total. The Kier molecular flexibility index (Phi) is 18.8. The molecule has 0 aliphatic rings. The molecule has 0 aliphatic carbocycles. The average Bonchev–Trinajstić information content (AvgIpc) is 2.82. The topological polar surface area (TPSA) is 49.8 Å². The van der Waals surface area contributed by atoms with E-state index < -0.39 is 0 Å². The molecule has 0 bridgehead atoms. The minimum atomic E-state index is -0.306. The Bertz CT molecular complexity index is 559. The van der Waals surface area contributed by atoms with Gasteiger partial charge in [0.15, 0.2) is 0 Å². The second kappa shape index (κ2) is 21.0. The van der Waals surface area contributed by atoms with Crippen molar-refractivity contribution in [1.82, 2.24) is 4.90 Å². The van der Waals surface area contributed by atoms with E-state index in [0.29, 0.717) is 12.2 Å². The van der Waals surface area contributed by atoms with Crippen LogP contribution in [0.4, 0.5) is 0 Å². The molecule has 1 aromatic carbocycles. The number of carbonyl (C=O) groups excluding carboxylic acids is 1. The van der Waals surface area contributed by atoms with Crippen LogP contribution in [0.1, 0.15) is 127 Å². The fourth-order valence-corrected chi connectivity index (χ4v) is 4.20. The van der Waals surface area contributed by atoms with Crippen LogP contribution in [0.2, 0.25) is 0 Å². The van der Waals surface area contributed by atoms with Crippen LogP contribution in [0.3, 0.4) is 0 Å². The molecule has 1 N–H and O–H groups in total. The summed E-state index contributed by atoms with van der Waals surface area (Å²) in [5, 5.41) is 9.28. The van der Waals surface area contributed by atoms with Crippen LogP contribution in [0.15, 0.2) is 24.3 Å². The summed E-state index contributed by atoms with van der Waals surface area (Å²) >= 11 is 0.